The zero-order valence-corrected chi connectivity index (χ0v) is 21.7. The SMILES string of the molecule is Cc1cc(C)cc(C(=O)NCCn2cc(SCC(=O)Nc3nc4ccccc4s3)c3ccccc32)c1. The third-order valence-corrected chi connectivity index (χ3v) is 7.77. The van der Waals surface area contributed by atoms with Crippen LogP contribution in [0.4, 0.5) is 5.13 Å². The molecule has 6 nitrogen and oxygen atoms in total. The van der Waals surface area contributed by atoms with Gasteiger partial charge in [0.05, 0.1) is 16.0 Å². The molecule has 182 valence electrons. The van der Waals surface area contributed by atoms with Gasteiger partial charge in [0.1, 0.15) is 0 Å². The minimum absolute atomic E-state index is 0.0700. The molecule has 0 saturated carbocycles. The summed E-state index contributed by atoms with van der Waals surface area (Å²) in [5.41, 5.74) is 4.79. The van der Waals surface area contributed by atoms with Crippen molar-refractivity contribution in [3.8, 4) is 0 Å². The van der Waals surface area contributed by atoms with E-state index < -0.39 is 0 Å². The Labute approximate surface area is 217 Å². The van der Waals surface area contributed by atoms with Gasteiger partial charge in [0.25, 0.3) is 5.91 Å². The number of nitrogens with zero attached hydrogens (tertiary/aromatic N) is 2. The molecule has 0 radical (unpaired) electrons. The fourth-order valence-corrected chi connectivity index (χ4v) is 6.01. The average molecular weight is 515 g/mol. The lowest BCUT2D eigenvalue weighted by atomic mass is 10.1. The number of amides is 2. The number of anilines is 1. The number of benzene rings is 3. The van der Waals surface area contributed by atoms with E-state index in [1.54, 1.807) is 0 Å². The molecule has 0 saturated heterocycles. The van der Waals surface area contributed by atoms with Gasteiger partial charge in [-0.15, -0.1) is 11.8 Å². The summed E-state index contributed by atoms with van der Waals surface area (Å²) < 4.78 is 3.18. The number of carbonyl (C=O) groups excluding carboxylic acids is 2. The minimum atomic E-state index is -0.0865. The van der Waals surface area contributed by atoms with Gasteiger partial charge in [-0.05, 0) is 44.2 Å². The number of hydrogen-bond donors (Lipinski definition) is 2. The van der Waals surface area contributed by atoms with Crippen molar-refractivity contribution < 1.29 is 9.59 Å². The van der Waals surface area contributed by atoms with Crippen LogP contribution in [0.1, 0.15) is 21.5 Å². The van der Waals surface area contributed by atoms with Crippen LogP contribution in [0.2, 0.25) is 0 Å². The lowest BCUT2D eigenvalue weighted by Crippen LogP contribution is -2.27. The number of para-hydroxylation sites is 2. The highest BCUT2D eigenvalue weighted by Crippen LogP contribution is 2.31. The Hall–Kier alpha value is -3.62. The molecule has 2 aromatic heterocycles. The topological polar surface area (TPSA) is 76.0 Å². The van der Waals surface area contributed by atoms with Gasteiger partial charge in [-0.2, -0.15) is 0 Å². The summed E-state index contributed by atoms with van der Waals surface area (Å²) in [4.78, 5) is 30.7. The van der Waals surface area contributed by atoms with Gasteiger partial charge in [-0.1, -0.05) is 58.9 Å². The summed E-state index contributed by atoms with van der Waals surface area (Å²) in [5.74, 6) is 0.129. The molecule has 0 aliphatic heterocycles. The van der Waals surface area contributed by atoms with Crippen molar-refractivity contribution in [1.82, 2.24) is 14.9 Å². The van der Waals surface area contributed by atoms with Gasteiger partial charge in [-0.3, -0.25) is 9.59 Å². The van der Waals surface area contributed by atoms with Crippen LogP contribution < -0.4 is 10.6 Å². The Balaban J connectivity index is 1.22. The van der Waals surface area contributed by atoms with Gasteiger partial charge in [0, 0.05) is 40.6 Å². The number of nitrogens with one attached hydrogen (secondary N) is 2. The molecule has 36 heavy (non-hydrogen) atoms. The van der Waals surface area contributed by atoms with Crippen molar-refractivity contribution in [2.45, 2.75) is 25.3 Å². The van der Waals surface area contributed by atoms with E-state index in [0.29, 0.717) is 23.8 Å². The zero-order chi connectivity index (χ0) is 25.1. The van der Waals surface area contributed by atoms with Gasteiger partial charge in [0.2, 0.25) is 5.91 Å². The molecule has 0 aliphatic carbocycles. The second kappa shape index (κ2) is 10.6. The van der Waals surface area contributed by atoms with Crippen LogP contribution in [0.5, 0.6) is 0 Å². The maximum atomic E-state index is 12.6. The molecule has 2 N–H and O–H groups in total. The summed E-state index contributed by atoms with van der Waals surface area (Å²) in [5, 5.41) is 7.66. The predicted octanol–water partition coefficient (Wildman–Crippen LogP) is 6.03. The third kappa shape index (κ3) is 5.45. The van der Waals surface area contributed by atoms with Gasteiger partial charge >= 0.3 is 0 Å². The molecule has 0 fully saturated rings. The number of hydrogen-bond acceptors (Lipinski definition) is 5. The number of rotatable bonds is 8. The first-order chi connectivity index (χ1) is 17.5. The first-order valence-electron chi connectivity index (χ1n) is 11.7. The number of carbonyl (C=O) groups is 2. The van der Waals surface area contributed by atoms with Crippen LogP contribution in [0.25, 0.3) is 21.1 Å². The van der Waals surface area contributed by atoms with Gasteiger partial charge in [-0.25, -0.2) is 4.98 Å². The van der Waals surface area contributed by atoms with Crippen molar-refractivity contribution in [3.05, 3.63) is 89.6 Å². The average Bonchev–Trinajstić information content (AvgIpc) is 3.43. The van der Waals surface area contributed by atoms with Crippen molar-refractivity contribution in [2.75, 3.05) is 17.6 Å². The van der Waals surface area contributed by atoms with Crippen molar-refractivity contribution in [2.24, 2.45) is 0 Å². The van der Waals surface area contributed by atoms with Crippen LogP contribution in [-0.2, 0) is 11.3 Å². The summed E-state index contributed by atoms with van der Waals surface area (Å²) in [7, 11) is 0. The Bertz CT molecular complexity index is 1520. The van der Waals surface area contributed by atoms with E-state index in [4.69, 9.17) is 0 Å². The monoisotopic (exact) mass is 514 g/mol. The van der Waals surface area contributed by atoms with Crippen LogP contribution in [0.3, 0.4) is 0 Å². The number of thiazole rings is 1. The molecule has 0 spiro atoms. The molecule has 5 aromatic rings. The van der Waals surface area contributed by atoms with Crippen molar-refractivity contribution in [3.63, 3.8) is 0 Å². The molecule has 5 rings (SSSR count). The van der Waals surface area contributed by atoms with E-state index in [-0.39, 0.29) is 17.6 Å². The van der Waals surface area contributed by atoms with E-state index >= 15 is 0 Å². The summed E-state index contributed by atoms with van der Waals surface area (Å²) in [6, 6.07) is 21.8. The highest BCUT2D eigenvalue weighted by atomic mass is 32.2. The normalized spacial score (nSPS) is 11.2. The maximum absolute atomic E-state index is 12.6. The first-order valence-corrected chi connectivity index (χ1v) is 13.5. The Morgan fingerprint density at radius 2 is 1.75 bits per heavy atom. The molecule has 0 bridgehead atoms. The van der Waals surface area contributed by atoms with E-state index in [0.717, 1.165) is 37.1 Å². The fourth-order valence-electron chi connectivity index (χ4n) is 4.24. The van der Waals surface area contributed by atoms with Crippen LogP contribution in [0.15, 0.2) is 77.8 Å². The largest absolute Gasteiger partial charge is 0.350 e. The first kappa shape index (κ1) is 24.1. The summed E-state index contributed by atoms with van der Waals surface area (Å²) in [6.45, 7) is 5.13. The second-order valence-corrected chi connectivity index (χ2v) is 10.7. The Morgan fingerprint density at radius 1 is 1.00 bits per heavy atom. The van der Waals surface area contributed by atoms with E-state index in [9.17, 15) is 9.59 Å². The van der Waals surface area contributed by atoms with E-state index in [1.807, 2.05) is 62.4 Å². The maximum Gasteiger partial charge on any atom is 0.251 e. The number of aromatic nitrogens is 2. The van der Waals surface area contributed by atoms with Crippen molar-refractivity contribution in [1.29, 1.82) is 0 Å². The van der Waals surface area contributed by atoms with E-state index in [1.165, 1.54) is 23.1 Å². The summed E-state index contributed by atoms with van der Waals surface area (Å²) >= 11 is 2.98. The number of aryl methyl sites for hydroxylation is 2. The molecule has 3 aromatic carbocycles. The van der Waals surface area contributed by atoms with Crippen LogP contribution in [0, 0.1) is 13.8 Å². The summed E-state index contributed by atoms with van der Waals surface area (Å²) in [6.07, 6.45) is 2.06. The molecule has 0 atom stereocenters. The molecular formula is C28H26N4O2S2. The van der Waals surface area contributed by atoms with Gasteiger partial charge < -0.3 is 15.2 Å². The highest BCUT2D eigenvalue weighted by Gasteiger charge is 2.13. The van der Waals surface area contributed by atoms with E-state index in [2.05, 4.69) is 44.6 Å². The van der Waals surface area contributed by atoms with Gasteiger partial charge in [0.15, 0.2) is 5.13 Å². The zero-order valence-electron chi connectivity index (χ0n) is 20.1. The Kier molecular flexibility index (Phi) is 7.06. The van der Waals surface area contributed by atoms with Crippen LogP contribution >= 0.6 is 23.1 Å². The predicted molar refractivity (Wildman–Crippen MR) is 149 cm³/mol. The number of thioether (sulfide) groups is 1. The molecule has 0 aliphatic rings. The standard InChI is InChI=1S/C28H26N4O2S2/c1-18-13-19(2)15-20(14-18)27(34)29-11-12-32-16-25(21-7-3-5-9-23(21)32)35-17-26(33)31-28-30-22-8-4-6-10-24(22)36-28/h3-10,13-16H,11-12,17H2,1-2H3,(H,29,34)(H,30,31,33). The molecular weight excluding hydrogens is 488 g/mol. The lowest BCUT2D eigenvalue weighted by molar-refractivity contribution is -0.113. The molecule has 0 unspecified atom stereocenters. The minimum Gasteiger partial charge on any atom is -0.350 e. The molecule has 2 heterocycles. The second-order valence-electron chi connectivity index (χ2n) is 8.66. The van der Waals surface area contributed by atoms with Crippen molar-refractivity contribution >= 4 is 61.2 Å². The third-order valence-electron chi connectivity index (χ3n) is 5.77. The molecule has 8 heteroatoms. The molecule has 2 amide bonds. The smallest absolute Gasteiger partial charge is 0.251 e. The fraction of sp³-hybridized carbons (Fsp3) is 0.179. The number of fused-ring (bicyclic) bond motifs is 2. The lowest BCUT2D eigenvalue weighted by Gasteiger charge is -2.09. The Morgan fingerprint density at radius 3 is 2.56 bits per heavy atom. The highest BCUT2D eigenvalue weighted by molar-refractivity contribution is 8.00. The van der Waals surface area contributed by atoms with Crippen LogP contribution in [-0.4, -0.2) is 33.7 Å². The quantitative estimate of drug-likeness (QED) is 0.248.